The van der Waals surface area contributed by atoms with Crippen LogP contribution < -0.4 is 0 Å². The topological polar surface area (TPSA) is 68.0 Å². The third kappa shape index (κ3) is 3.48. The lowest BCUT2D eigenvalue weighted by Gasteiger charge is -2.04. The van der Waals surface area contributed by atoms with Crippen LogP contribution in [-0.2, 0) is 18.3 Å². The van der Waals surface area contributed by atoms with Crippen LogP contribution in [-0.4, -0.2) is 31.6 Å². The number of benzene rings is 1. The van der Waals surface area contributed by atoms with Gasteiger partial charge in [-0.2, -0.15) is 0 Å². The molecular weight excluding hydrogens is 286 g/mol. The number of carbonyl (C=O) groups is 1. The molecule has 0 radical (unpaired) electrons. The van der Waals surface area contributed by atoms with Gasteiger partial charge in [0.1, 0.15) is 5.82 Å². The van der Waals surface area contributed by atoms with Crippen LogP contribution in [0, 0.1) is 0 Å². The molecule has 0 spiro atoms. The number of aliphatic carboxylic acids is 1. The van der Waals surface area contributed by atoms with Crippen LogP contribution in [0.2, 0.25) is 5.02 Å². The van der Waals surface area contributed by atoms with Crippen LogP contribution in [0.1, 0.15) is 11.4 Å². The lowest BCUT2D eigenvalue weighted by molar-refractivity contribution is -0.133. The molecule has 0 atom stereocenters. The number of carboxylic acids is 1. The minimum Gasteiger partial charge on any atom is -0.481 e. The van der Waals surface area contributed by atoms with Crippen molar-refractivity contribution in [2.75, 3.05) is 5.75 Å². The summed E-state index contributed by atoms with van der Waals surface area (Å²) in [7, 11) is 1.82. The van der Waals surface area contributed by atoms with Gasteiger partial charge in [-0.05, 0) is 11.6 Å². The molecule has 0 aliphatic rings. The van der Waals surface area contributed by atoms with Gasteiger partial charge in [0.2, 0.25) is 0 Å². The number of hydrogen-bond donors (Lipinski definition) is 1. The Balaban J connectivity index is 2.14. The summed E-state index contributed by atoms with van der Waals surface area (Å²) in [6.45, 7) is 0. The van der Waals surface area contributed by atoms with Gasteiger partial charge in [0, 0.05) is 18.5 Å². The first kappa shape index (κ1) is 13.9. The number of aromatic nitrogens is 3. The molecule has 0 aliphatic heterocycles. The Bertz CT molecular complexity index is 600. The van der Waals surface area contributed by atoms with Crippen molar-refractivity contribution in [1.29, 1.82) is 0 Å². The zero-order valence-electron chi connectivity index (χ0n) is 10.2. The van der Waals surface area contributed by atoms with Crippen LogP contribution >= 0.6 is 23.4 Å². The van der Waals surface area contributed by atoms with Gasteiger partial charge in [-0.1, -0.05) is 41.6 Å². The lowest BCUT2D eigenvalue weighted by Crippen LogP contribution is -2.03. The maximum absolute atomic E-state index is 10.5. The van der Waals surface area contributed by atoms with E-state index in [1.54, 1.807) is 4.57 Å². The molecule has 0 aliphatic carbocycles. The van der Waals surface area contributed by atoms with E-state index < -0.39 is 5.97 Å². The molecule has 0 bridgehead atoms. The molecule has 100 valence electrons. The Morgan fingerprint density at radius 2 is 2.16 bits per heavy atom. The fourth-order valence-corrected chi connectivity index (χ4v) is 2.42. The van der Waals surface area contributed by atoms with Gasteiger partial charge < -0.3 is 9.67 Å². The Labute approximate surface area is 119 Å². The second kappa shape index (κ2) is 6.08. The number of rotatable bonds is 5. The summed E-state index contributed by atoms with van der Waals surface area (Å²) in [4.78, 5) is 10.5. The summed E-state index contributed by atoms with van der Waals surface area (Å²) in [6, 6.07) is 7.54. The van der Waals surface area contributed by atoms with E-state index in [1.165, 1.54) is 0 Å². The molecule has 2 rings (SSSR count). The summed E-state index contributed by atoms with van der Waals surface area (Å²) in [6.07, 6.45) is 0.566. The van der Waals surface area contributed by atoms with Gasteiger partial charge in [-0.3, -0.25) is 4.79 Å². The van der Waals surface area contributed by atoms with Gasteiger partial charge in [0.05, 0.1) is 5.75 Å². The number of hydrogen-bond acceptors (Lipinski definition) is 4. The Morgan fingerprint density at radius 3 is 2.84 bits per heavy atom. The van der Waals surface area contributed by atoms with Gasteiger partial charge in [-0.25, -0.2) is 0 Å². The van der Waals surface area contributed by atoms with E-state index >= 15 is 0 Å². The largest absolute Gasteiger partial charge is 0.481 e. The maximum Gasteiger partial charge on any atom is 0.313 e. The molecular formula is C12H12ClN3O2S. The van der Waals surface area contributed by atoms with Crippen LogP contribution in [0.15, 0.2) is 29.4 Å². The highest BCUT2D eigenvalue weighted by atomic mass is 35.5. The SMILES string of the molecule is Cn1c(Cc2ccccc2Cl)nnc1SCC(=O)O. The fraction of sp³-hybridized carbons (Fsp3) is 0.250. The minimum atomic E-state index is -0.874. The first-order valence-electron chi connectivity index (χ1n) is 5.54. The maximum atomic E-state index is 10.5. The number of thioether (sulfide) groups is 1. The third-order valence-corrected chi connectivity index (χ3v) is 3.93. The molecule has 0 fully saturated rings. The van der Waals surface area contributed by atoms with E-state index in [0.29, 0.717) is 16.6 Å². The lowest BCUT2D eigenvalue weighted by atomic mass is 10.1. The summed E-state index contributed by atoms with van der Waals surface area (Å²) < 4.78 is 1.79. The van der Waals surface area contributed by atoms with Gasteiger partial charge in [0.25, 0.3) is 0 Å². The second-order valence-electron chi connectivity index (χ2n) is 3.91. The van der Waals surface area contributed by atoms with Gasteiger partial charge in [0.15, 0.2) is 5.16 Å². The third-order valence-electron chi connectivity index (χ3n) is 2.56. The molecule has 1 aromatic carbocycles. The first-order valence-corrected chi connectivity index (χ1v) is 6.90. The van der Waals surface area contributed by atoms with Crippen LogP contribution in [0.3, 0.4) is 0 Å². The molecule has 0 saturated heterocycles. The highest BCUT2D eigenvalue weighted by molar-refractivity contribution is 7.99. The van der Waals surface area contributed by atoms with E-state index in [9.17, 15) is 4.79 Å². The Hall–Kier alpha value is -1.53. The number of nitrogens with zero attached hydrogens (tertiary/aromatic N) is 3. The predicted octanol–water partition coefficient (Wildman–Crippen LogP) is 2.24. The fourth-order valence-electron chi connectivity index (χ4n) is 1.56. The van der Waals surface area contributed by atoms with Crippen molar-refractivity contribution in [3.8, 4) is 0 Å². The van der Waals surface area contributed by atoms with E-state index in [1.807, 2.05) is 31.3 Å². The second-order valence-corrected chi connectivity index (χ2v) is 5.26. The van der Waals surface area contributed by atoms with E-state index in [4.69, 9.17) is 16.7 Å². The molecule has 0 unspecified atom stereocenters. The molecule has 7 heteroatoms. The molecule has 1 aromatic heterocycles. The molecule has 19 heavy (non-hydrogen) atoms. The molecule has 5 nitrogen and oxygen atoms in total. The average molecular weight is 298 g/mol. The van der Waals surface area contributed by atoms with E-state index in [-0.39, 0.29) is 5.75 Å². The van der Waals surface area contributed by atoms with Crippen LogP contribution in [0.5, 0.6) is 0 Å². The van der Waals surface area contributed by atoms with E-state index in [0.717, 1.165) is 23.1 Å². The normalized spacial score (nSPS) is 10.6. The number of halogens is 1. The molecule has 0 amide bonds. The Kier molecular flexibility index (Phi) is 4.44. The van der Waals surface area contributed by atoms with Crippen molar-refractivity contribution in [3.05, 3.63) is 40.7 Å². The quantitative estimate of drug-likeness (QED) is 0.857. The van der Waals surface area contributed by atoms with Crippen molar-refractivity contribution in [1.82, 2.24) is 14.8 Å². The summed E-state index contributed by atoms with van der Waals surface area (Å²) in [5, 5.41) is 18.0. The summed E-state index contributed by atoms with van der Waals surface area (Å²) >= 11 is 7.24. The predicted molar refractivity (Wildman–Crippen MR) is 73.6 cm³/mol. The molecule has 1 heterocycles. The van der Waals surface area contributed by atoms with Crippen LogP contribution in [0.25, 0.3) is 0 Å². The highest BCUT2D eigenvalue weighted by Crippen LogP contribution is 2.20. The molecule has 0 saturated carbocycles. The van der Waals surface area contributed by atoms with Crippen molar-refractivity contribution >= 4 is 29.3 Å². The van der Waals surface area contributed by atoms with Crippen molar-refractivity contribution in [3.63, 3.8) is 0 Å². The van der Waals surface area contributed by atoms with E-state index in [2.05, 4.69) is 10.2 Å². The van der Waals surface area contributed by atoms with Crippen molar-refractivity contribution in [2.24, 2.45) is 7.05 Å². The first-order chi connectivity index (χ1) is 9.08. The van der Waals surface area contributed by atoms with Crippen molar-refractivity contribution in [2.45, 2.75) is 11.6 Å². The summed E-state index contributed by atoms with van der Waals surface area (Å²) in [5.74, 6) is -0.153. The van der Waals surface area contributed by atoms with Gasteiger partial charge in [-0.15, -0.1) is 10.2 Å². The highest BCUT2D eigenvalue weighted by Gasteiger charge is 2.12. The number of carboxylic acid groups (broad SMARTS) is 1. The standard InChI is InChI=1S/C12H12ClN3O2S/c1-16-10(6-8-4-2-3-5-9(8)13)14-15-12(16)19-7-11(17)18/h2-5H,6-7H2,1H3,(H,17,18). The zero-order valence-corrected chi connectivity index (χ0v) is 11.8. The Morgan fingerprint density at radius 1 is 1.42 bits per heavy atom. The monoisotopic (exact) mass is 297 g/mol. The zero-order chi connectivity index (χ0) is 13.8. The average Bonchev–Trinajstić information content (AvgIpc) is 2.71. The van der Waals surface area contributed by atoms with Crippen molar-refractivity contribution < 1.29 is 9.90 Å². The smallest absolute Gasteiger partial charge is 0.313 e. The molecule has 2 aromatic rings. The van der Waals surface area contributed by atoms with Gasteiger partial charge >= 0.3 is 5.97 Å². The molecule has 1 N–H and O–H groups in total. The minimum absolute atomic E-state index is 0.0297. The van der Waals surface area contributed by atoms with Crippen LogP contribution in [0.4, 0.5) is 0 Å². The summed E-state index contributed by atoms with van der Waals surface area (Å²) in [5.41, 5.74) is 0.967.